The van der Waals surface area contributed by atoms with Gasteiger partial charge in [-0.2, -0.15) is 9.99 Å². The lowest BCUT2D eigenvalue weighted by Gasteiger charge is -2.15. The van der Waals surface area contributed by atoms with E-state index >= 15 is 0 Å². The molecule has 2 aromatic heterocycles. The van der Waals surface area contributed by atoms with E-state index in [1.165, 1.54) is 11.9 Å². The van der Waals surface area contributed by atoms with Crippen molar-refractivity contribution in [2.24, 2.45) is 5.10 Å². The van der Waals surface area contributed by atoms with E-state index in [0.29, 0.717) is 28.1 Å². The highest BCUT2D eigenvalue weighted by molar-refractivity contribution is 6.30. The zero-order chi connectivity index (χ0) is 18.4. The number of carbonyl (C=O) groups excluding carboxylic acids is 1. The Morgan fingerprint density at radius 1 is 1.19 bits per heavy atom. The number of benzene rings is 1. The molecule has 4 rings (SSSR count). The first kappa shape index (κ1) is 16.5. The molecule has 9 heteroatoms. The van der Waals surface area contributed by atoms with Crippen molar-refractivity contribution in [1.82, 2.24) is 24.6 Å². The van der Waals surface area contributed by atoms with Crippen LogP contribution in [0.4, 0.5) is 0 Å². The number of hydrogen-bond acceptors (Lipinski definition) is 6. The van der Waals surface area contributed by atoms with E-state index in [1.807, 2.05) is 19.9 Å². The lowest BCUT2D eigenvalue weighted by atomic mass is 10.2. The number of hydrazone groups is 1. The largest absolute Gasteiger partial charge is 0.442 e. The van der Waals surface area contributed by atoms with Crippen molar-refractivity contribution in [3.05, 3.63) is 58.1 Å². The van der Waals surface area contributed by atoms with Crippen molar-refractivity contribution < 1.29 is 9.53 Å². The Bertz CT molecular complexity index is 1040. The van der Waals surface area contributed by atoms with Gasteiger partial charge >= 0.3 is 0 Å². The van der Waals surface area contributed by atoms with Gasteiger partial charge in [0.1, 0.15) is 0 Å². The standard InChI is InChI=1S/C17H15ClN6O2/c1-9-8-10(2)23-17(19-9)20-14(21-23)16-24(11(3)25)22-15(26-16)12-4-6-13(18)7-5-12/h4-8,16H,1-3H3. The lowest BCUT2D eigenvalue weighted by Crippen LogP contribution is -2.26. The third-order valence-electron chi connectivity index (χ3n) is 3.91. The molecule has 1 aromatic carbocycles. The molecule has 1 aliphatic heterocycles. The number of rotatable bonds is 2. The fraction of sp³-hybridized carbons (Fsp3) is 0.235. The van der Waals surface area contributed by atoms with Crippen molar-refractivity contribution in [2.45, 2.75) is 27.0 Å². The van der Waals surface area contributed by atoms with E-state index in [2.05, 4.69) is 20.2 Å². The summed E-state index contributed by atoms with van der Waals surface area (Å²) in [5.41, 5.74) is 2.43. The summed E-state index contributed by atoms with van der Waals surface area (Å²) in [6.07, 6.45) is -0.848. The molecule has 1 atom stereocenters. The van der Waals surface area contributed by atoms with Crippen LogP contribution in [-0.4, -0.2) is 36.4 Å². The molecule has 1 aliphatic rings. The second kappa shape index (κ2) is 6.06. The molecule has 1 unspecified atom stereocenters. The van der Waals surface area contributed by atoms with E-state index in [-0.39, 0.29) is 5.91 Å². The summed E-state index contributed by atoms with van der Waals surface area (Å²) >= 11 is 5.92. The third kappa shape index (κ3) is 2.78. The molecule has 26 heavy (non-hydrogen) atoms. The maximum absolute atomic E-state index is 12.0. The molecule has 8 nitrogen and oxygen atoms in total. The lowest BCUT2D eigenvalue weighted by molar-refractivity contribution is -0.135. The Kier molecular flexibility index (Phi) is 3.84. The summed E-state index contributed by atoms with van der Waals surface area (Å²) < 4.78 is 7.51. The number of carbonyl (C=O) groups is 1. The van der Waals surface area contributed by atoms with Crippen LogP contribution >= 0.6 is 11.6 Å². The van der Waals surface area contributed by atoms with Crippen molar-refractivity contribution >= 4 is 29.2 Å². The van der Waals surface area contributed by atoms with Crippen LogP contribution in [0.1, 0.15) is 35.9 Å². The first-order valence-electron chi connectivity index (χ1n) is 7.94. The van der Waals surface area contributed by atoms with Gasteiger partial charge in [-0.15, -0.1) is 10.2 Å². The van der Waals surface area contributed by atoms with Gasteiger partial charge in [0.15, 0.2) is 0 Å². The summed E-state index contributed by atoms with van der Waals surface area (Å²) in [5, 5.41) is 10.5. The molecule has 0 aliphatic carbocycles. The van der Waals surface area contributed by atoms with Crippen LogP contribution in [0.15, 0.2) is 35.4 Å². The Morgan fingerprint density at radius 2 is 1.92 bits per heavy atom. The predicted octanol–water partition coefficient (Wildman–Crippen LogP) is 2.63. The average molecular weight is 371 g/mol. The number of nitrogens with zero attached hydrogens (tertiary/aromatic N) is 6. The van der Waals surface area contributed by atoms with Crippen LogP contribution in [0.25, 0.3) is 5.78 Å². The average Bonchev–Trinajstić information content (AvgIpc) is 3.19. The number of aromatic nitrogens is 4. The van der Waals surface area contributed by atoms with Gasteiger partial charge < -0.3 is 4.74 Å². The fourth-order valence-electron chi connectivity index (χ4n) is 2.73. The minimum Gasteiger partial charge on any atom is -0.442 e. The summed E-state index contributed by atoms with van der Waals surface area (Å²) in [6, 6.07) is 8.91. The summed E-state index contributed by atoms with van der Waals surface area (Å²) in [5.74, 6) is 0.791. The molecule has 3 aromatic rings. The summed E-state index contributed by atoms with van der Waals surface area (Å²) in [6.45, 7) is 5.21. The topological polar surface area (TPSA) is 85.0 Å². The SMILES string of the molecule is CC(=O)N1N=C(c2ccc(Cl)cc2)OC1c1nc2nc(C)cc(C)n2n1. The van der Waals surface area contributed by atoms with Gasteiger partial charge in [-0.05, 0) is 44.2 Å². The highest BCUT2D eigenvalue weighted by atomic mass is 35.5. The number of fused-ring (bicyclic) bond motifs is 1. The molecule has 3 heterocycles. The highest BCUT2D eigenvalue weighted by Crippen LogP contribution is 2.29. The molecule has 1 amide bonds. The fourth-order valence-corrected chi connectivity index (χ4v) is 2.86. The van der Waals surface area contributed by atoms with Crippen LogP contribution in [-0.2, 0) is 9.53 Å². The summed E-state index contributed by atoms with van der Waals surface area (Å²) in [4.78, 5) is 20.8. The van der Waals surface area contributed by atoms with Gasteiger partial charge in [0, 0.05) is 28.9 Å². The first-order valence-corrected chi connectivity index (χ1v) is 8.32. The number of amides is 1. The smallest absolute Gasteiger partial charge is 0.258 e. The number of ether oxygens (including phenoxy) is 1. The zero-order valence-electron chi connectivity index (χ0n) is 14.3. The third-order valence-corrected chi connectivity index (χ3v) is 4.17. The van der Waals surface area contributed by atoms with Gasteiger partial charge in [0.05, 0.1) is 0 Å². The van der Waals surface area contributed by atoms with E-state index in [0.717, 1.165) is 11.4 Å². The normalized spacial score (nSPS) is 16.7. The minimum absolute atomic E-state index is 0.279. The predicted molar refractivity (Wildman–Crippen MR) is 94.6 cm³/mol. The van der Waals surface area contributed by atoms with Gasteiger partial charge in [-0.1, -0.05) is 11.6 Å². The molecular weight excluding hydrogens is 356 g/mol. The van der Waals surface area contributed by atoms with Crippen LogP contribution in [0.3, 0.4) is 0 Å². The van der Waals surface area contributed by atoms with Gasteiger partial charge in [0.2, 0.25) is 17.6 Å². The summed E-state index contributed by atoms with van der Waals surface area (Å²) in [7, 11) is 0. The van der Waals surface area contributed by atoms with Crippen LogP contribution < -0.4 is 0 Å². The molecule has 132 valence electrons. The van der Waals surface area contributed by atoms with Crippen molar-refractivity contribution in [3.8, 4) is 0 Å². The zero-order valence-corrected chi connectivity index (χ0v) is 15.1. The van der Waals surface area contributed by atoms with Crippen molar-refractivity contribution in [2.75, 3.05) is 0 Å². The first-order chi connectivity index (χ1) is 12.4. The highest BCUT2D eigenvalue weighted by Gasteiger charge is 2.36. The van der Waals surface area contributed by atoms with Crippen LogP contribution in [0.2, 0.25) is 5.02 Å². The quantitative estimate of drug-likeness (QED) is 0.692. The van der Waals surface area contributed by atoms with Crippen molar-refractivity contribution in [3.63, 3.8) is 0 Å². The molecule has 0 N–H and O–H groups in total. The van der Waals surface area contributed by atoms with Gasteiger partial charge in [-0.3, -0.25) is 4.79 Å². The van der Waals surface area contributed by atoms with E-state index in [4.69, 9.17) is 16.3 Å². The number of hydrogen-bond donors (Lipinski definition) is 0. The van der Waals surface area contributed by atoms with Crippen LogP contribution in [0, 0.1) is 13.8 Å². The van der Waals surface area contributed by atoms with E-state index in [9.17, 15) is 4.79 Å². The molecule has 0 saturated carbocycles. The molecule has 0 radical (unpaired) electrons. The second-order valence-corrected chi connectivity index (χ2v) is 6.40. The van der Waals surface area contributed by atoms with Gasteiger partial charge in [-0.25, -0.2) is 9.50 Å². The molecule has 0 fully saturated rings. The van der Waals surface area contributed by atoms with E-state index < -0.39 is 6.23 Å². The monoisotopic (exact) mass is 370 g/mol. The Balaban J connectivity index is 1.73. The second-order valence-electron chi connectivity index (χ2n) is 5.97. The molecular formula is C17H15ClN6O2. The Labute approximate surface area is 154 Å². The maximum Gasteiger partial charge on any atom is 0.258 e. The van der Waals surface area contributed by atoms with Gasteiger partial charge in [0.25, 0.3) is 12.0 Å². The Morgan fingerprint density at radius 3 is 2.62 bits per heavy atom. The van der Waals surface area contributed by atoms with Crippen LogP contribution in [0.5, 0.6) is 0 Å². The molecule has 0 spiro atoms. The minimum atomic E-state index is -0.848. The number of halogens is 1. The van der Waals surface area contributed by atoms with Crippen molar-refractivity contribution in [1.29, 1.82) is 0 Å². The number of aryl methyl sites for hydroxylation is 2. The Hall–Kier alpha value is -3.00. The molecule has 0 saturated heterocycles. The van der Waals surface area contributed by atoms with E-state index in [1.54, 1.807) is 28.8 Å². The molecule has 0 bridgehead atoms. The maximum atomic E-state index is 12.0.